The maximum Gasteiger partial charge on any atom is 0.282 e. The van der Waals surface area contributed by atoms with Gasteiger partial charge in [0.2, 0.25) is 0 Å². The number of hydrogen-bond acceptors (Lipinski definition) is 3. The summed E-state index contributed by atoms with van der Waals surface area (Å²) in [6, 6.07) is 21.0. The Morgan fingerprint density at radius 3 is 2.48 bits per heavy atom. The highest BCUT2D eigenvalue weighted by Gasteiger charge is 2.32. The third-order valence-electron chi connectivity index (χ3n) is 4.62. The third-order valence-corrected chi connectivity index (χ3v) is 4.62. The van der Waals surface area contributed by atoms with Gasteiger partial charge in [-0.25, -0.2) is 9.38 Å². The largest absolute Gasteiger partial charge is 0.497 e. The summed E-state index contributed by atoms with van der Waals surface area (Å²) in [7, 11) is 1.59. The highest BCUT2D eigenvalue weighted by Crippen LogP contribution is 2.28. The van der Waals surface area contributed by atoms with Crippen molar-refractivity contribution in [3.63, 3.8) is 0 Å². The minimum absolute atomic E-state index is 0.268. The van der Waals surface area contributed by atoms with Crippen molar-refractivity contribution in [3.05, 3.63) is 101 Å². The molecule has 0 bridgehead atoms. The van der Waals surface area contributed by atoms with Gasteiger partial charge in [0.05, 0.1) is 12.8 Å². The van der Waals surface area contributed by atoms with E-state index in [-0.39, 0.29) is 11.7 Å². The van der Waals surface area contributed by atoms with Gasteiger partial charge in [-0.15, -0.1) is 0 Å². The van der Waals surface area contributed by atoms with Gasteiger partial charge >= 0.3 is 0 Å². The number of nitrogens with zero attached hydrogens (tertiary/aromatic N) is 2. The smallest absolute Gasteiger partial charge is 0.282 e. The zero-order chi connectivity index (χ0) is 20.4. The SMILES string of the molecule is COc1cccc(/C=C2/N=C(c3cccc(C)c3)N(c3ccc(F)cc3)C2=O)c1. The van der Waals surface area contributed by atoms with Gasteiger partial charge in [0.1, 0.15) is 23.1 Å². The highest BCUT2D eigenvalue weighted by atomic mass is 19.1. The predicted octanol–water partition coefficient (Wildman–Crippen LogP) is 4.98. The molecule has 0 aromatic heterocycles. The second-order valence-electron chi connectivity index (χ2n) is 6.73. The molecule has 0 radical (unpaired) electrons. The average Bonchev–Trinajstić information content (AvgIpc) is 3.05. The fraction of sp³-hybridized carbons (Fsp3) is 0.0833. The van der Waals surface area contributed by atoms with E-state index in [1.165, 1.54) is 17.0 Å². The number of aryl methyl sites for hydroxylation is 1. The first-order valence-corrected chi connectivity index (χ1v) is 9.16. The molecular formula is C24H19FN2O2. The van der Waals surface area contributed by atoms with E-state index in [0.29, 0.717) is 23.0 Å². The fourth-order valence-corrected chi connectivity index (χ4v) is 3.21. The van der Waals surface area contributed by atoms with Crippen molar-refractivity contribution in [3.8, 4) is 5.75 Å². The number of ether oxygens (including phenoxy) is 1. The van der Waals surface area contributed by atoms with Gasteiger partial charge in [0, 0.05) is 5.56 Å². The van der Waals surface area contributed by atoms with Crippen molar-refractivity contribution in [2.24, 2.45) is 4.99 Å². The molecule has 0 saturated carbocycles. The Morgan fingerprint density at radius 2 is 1.76 bits per heavy atom. The Kier molecular flexibility index (Phi) is 4.96. The van der Waals surface area contributed by atoms with Crippen LogP contribution in [0, 0.1) is 12.7 Å². The van der Waals surface area contributed by atoms with Crippen LogP contribution < -0.4 is 9.64 Å². The number of carbonyl (C=O) groups excluding carboxylic acids is 1. The van der Waals surface area contributed by atoms with E-state index in [4.69, 9.17) is 4.74 Å². The van der Waals surface area contributed by atoms with Crippen LogP contribution in [0.5, 0.6) is 5.75 Å². The fourth-order valence-electron chi connectivity index (χ4n) is 3.21. The summed E-state index contributed by atoms with van der Waals surface area (Å²) in [6.07, 6.45) is 1.73. The molecular weight excluding hydrogens is 367 g/mol. The maximum atomic E-state index is 13.4. The number of aliphatic imine (C=N–C) groups is 1. The number of hydrogen-bond donors (Lipinski definition) is 0. The summed E-state index contributed by atoms with van der Waals surface area (Å²) >= 11 is 0. The number of carbonyl (C=O) groups is 1. The lowest BCUT2D eigenvalue weighted by atomic mass is 10.1. The van der Waals surface area contributed by atoms with Gasteiger partial charge in [0.25, 0.3) is 5.91 Å². The molecule has 0 unspecified atom stereocenters. The minimum atomic E-state index is -0.360. The van der Waals surface area contributed by atoms with Gasteiger partial charge in [-0.05, 0) is 61.0 Å². The van der Waals surface area contributed by atoms with Crippen molar-refractivity contribution >= 4 is 23.5 Å². The van der Waals surface area contributed by atoms with E-state index in [9.17, 15) is 9.18 Å². The number of amides is 1. The number of benzene rings is 3. The molecule has 29 heavy (non-hydrogen) atoms. The molecule has 4 nitrogen and oxygen atoms in total. The first kappa shape index (κ1) is 18.6. The van der Waals surface area contributed by atoms with Crippen molar-refractivity contribution in [2.75, 3.05) is 12.0 Å². The Bertz CT molecular complexity index is 1130. The molecule has 1 amide bonds. The number of rotatable bonds is 4. The van der Waals surface area contributed by atoms with Gasteiger partial charge in [-0.3, -0.25) is 9.69 Å². The Hall–Kier alpha value is -3.73. The molecule has 144 valence electrons. The zero-order valence-electron chi connectivity index (χ0n) is 16.1. The number of anilines is 1. The monoisotopic (exact) mass is 386 g/mol. The van der Waals surface area contributed by atoms with E-state index in [1.807, 2.05) is 55.5 Å². The normalized spacial score (nSPS) is 15.0. The average molecular weight is 386 g/mol. The van der Waals surface area contributed by atoms with Crippen LogP contribution >= 0.6 is 0 Å². The van der Waals surface area contributed by atoms with Crippen LogP contribution in [0.2, 0.25) is 0 Å². The van der Waals surface area contributed by atoms with E-state index >= 15 is 0 Å². The van der Waals surface area contributed by atoms with Crippen molar-refractivity contribution < 1.29 is 13.9 Å². The topological polar surface area (TPSA) is 41.9 Å². The molecule has 3 aromatic rings. The van der Waals surface area contributed by atoms with Gasteiger partial charge < -0.3 is 4.74 Å². The van der Waals surface area contributed by atoms with E-state index in [2.05, 4.69) is 4.99 Å². The quantitative estimate of drug-likeness (QED) is 0.594. The summed E-state index contributed by atoms with van der Waals surface area (Å²) in [6.45, 7) is 1.98. The van der Waals surface area contributed by atoms with Crippen LogP contribution in [0.25, 0.3) is 6.08 Å². The standard InChI is InChI=1S/C24H19FN2O2/c1-16-5-3-7-18(13-16)23-26-22(15-17-6-4-8-21(14-17)29-2)24(28)27(23)20-11-9-19(25)10-12-20/h3-15H,1-2H3/b22-15+. The molecule has 1 aliphatic heterocycles. The summed E-state index contributed by atoms with van der Waals surface area (Å²) in [5.74, 6) is 0.583. The van der Waals surface area contributed by atoms with Crippen LogP contribution in [-0.2, 0) is 4.79 Å². The second-order valence-corrected chi connectivity index (χ2v) is 6.73. The van der Waals surface area contributed by atoms with E-state index < -0.39 is 0 Å². The molecule has 0 fully saturated rings. The van der Waals surface area contributed by atoms with Crippen molar-refractivity contribution in [1.29, 1.82) is 0 Å². The Labute approximate surface area is 168 Å². The lowest BCUT2D eigenvalue weighted by Gasteiger charge is -2.18. The van der Waals surface area contributed by atoms with Crippen LogP contribution in [-0.4, -0.2) is 18.9 Å². The highest BCUT2D eigenvalue weighted by molar-refractivity contribution is 6.33. The van der Waals surface area contributed by atoms with Gasteiger partial charge in [0.15, 0.2) is 0 Å². The summed E-state index contributed by atoms with van der Waals surface area (Å²) in [5.41, 5.74) is 3.55. The summed E-state index contributed by atoms with van der Waals surface area (Å²) in [5, 5.41) is 0. The van der Waals surface area contributed by atoms with E-state index in [1.54, 1.807) is 25.3 Å². The first-order chi connectivity index (χ1) is 14.0. The lowest BCUT2D eigenvalue weighted by Crippen LogP contribution is -2.32. The minimum Gasteiger partial charge on any atom is -0.497 e. The lowest BCUT2D eigenvalue weighted by molar-refractivity contribution is -0.113. The molecule has 1 aliphatic rings. The summed E-state index contributed by atoms with van der Waals surface area (Å²) in [4.78, 5) is 19.4. The molecule has 1 heterocycles. The first-order valence-electron chi connectivity index (χ1n) is 9.16. The van der Waals surface area contributed by atoms with E-state index in [0.717, 1.165) is 16.7 Å². The molecule has 0 saturated heterocycles. The molecule has 0 N–H and O–H groups in total. The molecule has 0 aliphatic carbocycles. The van der Waals surface area contributed by atoms with Crippen molar-refractivity contribution in [1.82, 2.24) is 0 Å². The Balaban J connectivity index is 1.82. The Morgan fingerprint density at radius 1 is 1.00 bits per heavy atom. The van der Waals surface area contributed by atoms with Gasteiger partial charge in [-0.1, -0.05) is 35.9 Å². The van der Waals surface area contributed by atoms with Crippen LogP contribution in [0.4, 0.5) is 10.1 Å². The van der Waals surface area contributed by atoms with Crippen LogP contribution in [0.3, 0.4) is 0 Å². The zero-order valence-corrected chi connectivity index (χ0v) is 16.1. The number of methoxy groups -OCH3 is 1. The number of halogens is 1. The second kappa shape index (κ2) is 7.72. The molecule has 0 spiro atoms. The number of amidine groups is 1. The predicted molar refractivity (Wildman–Crippen MR) is 113 cm³/mol. The summed E-state index contributed by atoms with van der Waals surface area (Å²) < 4.78 is 18.7. The maximum absolute atomic E-state index is 13.4. The van der Waals surface area contributed by atoms with Crippen molar-refractivity contribution in [2.45, 2.75) is 6.92 Å². The van der Waals surface area contributed by atoms with Crippen LogP contribution in [0.15, 0.2) is 83.5 Å². The molecule has 5 heteroatoms. The van der Waals surface area contributed by atoms with Gasteiger partial charge in [-0.2, -0.15) is 0 Å². The molecule has 0 atom stereocenters. The molecule has 4 rings (SSSR count). The van der Waals surface area contributed by atoms with Crippen LogP contribution in [0.1, 0.15) is 16.7 Å². The third kappa shape index (κ3) is 3.80. The molecule has 3 aromatic carbocycles.